The first-order chi connectivity index (χ1) is 7.10. The molecule has 0 bridgehead atoms. The first kappa shape index (κ1) is 11.9. The molecule has 1 rings (SSSR count). The van der Waals surface area contributed by atoms with E-state index in [-0.39, 0.29) is 5.75 Å². The lowest BCUT2D eigenvalue weighted by molar-refractivity contribution is 0.193. The Morgan fingerprint density at radius 2 is 2.07 bits per heavy atom. The minimum Gasteiger partial charge on any atom is -0.504 e. The molecule has 1 atom stereocenters. The van der Waals surface area contributed by atoms with Crippen LogP contribution < -0.4 is 4.74 Å². The summed E-state index contributed by atoms with van der Waals surface area (Å²) in [5, 5.41) is 19.3. The molecule has 0 saturated heterocycles. The van der Waals surface area contributed by atoms with Gasteiger partial charge in [0, 0.05) is 12.0 Å². The van der Waals surface area contributed by atoms with Crippen molar-refractivity contribution in [3.63, 3.8) is 0 Å². The summed E-state index contributed by atoms with van der Waals surface area (Å²) in [6.07, 6.45) is 0.819. The van der Waals surface area contributed by atoms with Crippen molar-refractivity contribution in [1.29, 1.82) is 0 Å². The Morgan fingerprint density at radius 1 is 1.40 bits per heavy atom. The summed E-state index contributed by atoms with van der Waals surface area (Å²) in [5.41, 5.74) is 1.83. The highest BCUT2D eigenvalue weighted by Crippen LogP contribution is 2.33. The molecule has 1 unspecified atom stereocenters. The lowest BCUT2D eigenvalue weighted by Gasteiger charge is -2.14. The maximum absolute atomic E-state index is 9.91. The SMILES string of the molecule is CCc1ccc(OC)c(O)c1CC(C)O. The van der Waals surface area contributed by atoms with Crippen molar-refractivity contribution in [2.24, 2.45) is 0 Å². The fraction of sp³-hybridized carbons (Fsp3) is 0.500. The number of aryl methyl sites for hydroxylation is 1. The van der Waals surface area contributed by atoms with Gasteiger partial charge in [-0.3, -0.25) is 0 Å². The van der Waals surface area contributed by atoms with E-state index in [4.69, 9.17) is 4.74 Å². The van der Waals surface area contributed by atoms with E-state index in [1.54, 1.807) is 13.0 Å². The summed E-state index contributed by atoms with van der Waals surface area (Å²) in [7, 11) is 1.52. The van der Waals surface area contributed by atoms with E-state index >= 15 is 0 Å². The smallest absolute Gasteiger partial charge is 0.161 e. The number of phenols is 1. The van der Waals surface area contributed by atoms with Gasteiger partial charge in [0.15, 0.2) is 11.5 Å². The number of phenolic OH excluding ortho intramolecular Hbond substituents is 1. The number of hydrogen-bond acceptors (Lipinski definition) is 3. The summed E-state index contributed by atoms with van der Waals surface area (Å²) in [6.45, 7) is 3.73. The maximum Gasteiger partial charge on any atom is 0.161 e. The van der Waals surface area contributed by atoms with Crippen LogP contribution in [0, 0.1) is 0 Å². The average molecular weight is 210 g/mol. The van der Waals surface area contributed by atoms with Crippen molar-refractivity contribution in [3.8, 4) is 11.5 Å². The molecule has 0 aromatic heterocycles. The number of hydrogen-bond donors (Lipinski definition) is 2. The Morgan fingerprint density at radius 3 is 2.53 bits per heavy atom. The Hall–Kier alpha value is -1.22. The monoisotopic (exact) mass is 210 g/mol. The van der Waals surface area contributed by atoms with Crippen LogP contribution in [0.2, 0.25) is 0 Å². The number of ether oxygens (including phenoxy) is 1. The van der Waals surface area contributed by atoms with Crippen molar-refractivity contribution in [1.82, 2.24) is 0 Å². The molecule has 84 valence electrons. The van der Waals surface area contributed by atoms with E-state index < -0.39 is 6.10 Å². The number of methoxy groups -OCH3 is 1. The van der Waals surface area contributed by atoms with Crippen LogP contribution in [0.3, 0.4) is 0 Å². The van der Waals surface area contributed by atoms with Crippen LogP contribution in [0.4, 0.5) is 0 Å². The number of benzene rings is 1. The normalized spacial score (nSPS) is 12.5. The third kappa shape index (κ3) is 2.63. The van der Waals surface area contributed by atoms with Gasteiger partial charge in [0.05, 0.1) is 13.2 Å². The van der Waals surface area contributed by atoms with Gasteiger partial charge in [-0.05, 0) is 25.0 Å². The highest BCUT2D eigenvalue weighted by Gasteiger charge is 2.13. The molecule has 1 aromatic rings. The van der Waals surface area contributed by atoms with Gasteiger partial charge in [0.1, 0.15) is 0 Å². The van der Waals surface area contributed by atoms with E-state index in [0.29, 0.717) is 12.2 Å². The van der Waals surface area contributed by atoms with Gasteiger partial charge in [-0.25, -0.2) is 0 Å². The number of aliphatic hydroxyl groups is 1. The van der Waals surface area contributed by atoms with Crippen LogP contribution in [0.5, 0.6) is 11.5 Å². The van der Waals surface area contributed by atoms with E-state index in [9.17, 15) is 10.2 Å². The molecule has 0 saturated carbocycles. The van der Waals surface area contributed by atoms with Gasteiger partial charge in [-0.2, -0.15) is 0 Å². The zero-order valence-electron chi connectivity index (χ0n) is 9.45. The highest BCUT2D eigenvalue weighted by atomic mass is 16.5. The third-order valence-corrected chi connectivity index (χ3v) is 2.44. The standard InChI is InChI=1S/C12H18O3/c1-4-9-5-6-11(15-3)12(14)10(9)7-8(2)13/h5-6,8,13-14H,4,7H2,1-3H3. The van der Waals surface area contributed by atoms with Gasteiger partial charge in [-0.1, -0.05) is 13.0 Å². The lowest BCUT2D eigenvalue weighted by atomic mass is 9.98. The van der Waals surface area contributed by atoms with Crippen molar-refractivity contribution < 1.29 is 14.9 Å². The predicted molar refractivity (Wildman–Crippen MR) is 59.4 cm³/mol. The molecule has 0 amide bonds. The quantitative estimate of drug-likeness (QED) is 0.797. The van der Waals surface area contributed by atoms with Crippen LogP contribution in [-0.2, 0) is 12.8 Å². The molecule has 3 heteroatoms. The maximum atomic E-state index is 9.91. The number of aromatic hydroxyl groups is 1. The summed E-state index contributed by atoms with van der Waals surface area (Å²) < 4.78 is 5.04. The van der Waals surface area contributed by atoms with E-state index in [1.807, 2.05) is 13.0 Å². The molecule has 0 spiro atoms. The highest BCUT2D eigenvalue weighted by molar-refractivity contribution is 5.50. The number of aliphatic hydroxyl groups excluding tert-OH is 1. The molecule has 2 N–H and O–H groups in total. The molecule has 1 aromatic carbocycles. The Balaban J connectivity index is 3.16. The van der Waals surface area contributed by atoms with Crippen molar-refractivity contribution >= 4 is 0 Å². The van der Waals surface area contributed by atoms with Crippen molar-refractivity contribution in [3.05, 3.63) is 23.3 Å². The summed E-state index contributed by atoms with van der Waals surface area (Å²) in [6, 6.07) is 3.68. The van der Waals surface area contributed by atoms with Gasteiger partial charge in [-0.15, -0.1) is 0 Å². The minimum absolute atomic E-state index is 0.151. The second-order valence-electron chi connectivity index (χ2n) is 3.66. The summed E-state index contributed by atoms with van der Waals surface area (Å²) in [4.78, 5) is 0. The molecule has 0 aliphatic carbocycles. The second kappa shape index (κ2) is 5.03. The van der Waals surface area contributed by atoms with Crippen LogP contribution in [0.15, 0.2) is 12.1 Å². The van der Waals surface area contributed by atoms with Crippen LogP contribution in [0.25, 0.3) is 0 Å². The van der Waals surface area contributed by atoms with E-state index in [1.165, 1.54) is 7.11 Å². The van der Waals surface area contributed by atoms with Crippen LogP contribution >= 0.6 is 0 Å². The molecular weight excluding hydrogens is 192 g/mol. The topological polar surface area (TPSA) is 49.7 Å². The molecule has 0 fully saturated rings. The first-order valence-electron chi connectivity index (χ1n) is 5.15. The van der Waals surface area contributed by atoms with Gasteiger partial charge in [0.25, 0.3) is 0 Å². The molecule has 0 heterocycles. The summed E-state index contributed by atoms with van der Waals surface area (Å²) >= 11 is 0. The zero-order chi connectivity index (χ0) is 11.4. The number of rotatable bonds is 4. The molecule has 15 heavy (non-hydrogen) atoms. The van der Waals surface area contributed by atoms with E-state index in [0.717, 1.165) is 17.5 Å². The molecule has 0 aliphatic heterocycles. The Kier molecular flexibility index (Phi) is 3.97. The average Bonchev–Trinajstić information content (AvgIpc) is 2.20. The first-order valence-corrected chi connectivity index (χ1v) is 5.15. The fourth-order valence-corrected chi connectivity index (χ4v) is 1.68. The van der Waals surface area contributed by atoms with Crippen LogP contribution in [0.1, 0.15) is 25.0 Å². The van der Waals surface area contributed by atoms with Gasteiger partial charge in [0.2, 0.25) is 0 Å². The van der Waals surface area contributed by atoms with Crippen molar-refractivity contribution in [2.75, 3.05) is 7.11 Å². The van der Waals surface area contributed by atoms with Crippen molar-refractivity contribution in [2.45, 2.75) is 32.8 Å². The largest absolute Gasteiger partial charge is 0.504 e. The van der Waals surface area contributed by atoms with Crippen LogP contribution in [-0.4, -0.2) is 23.4 Å². The third-order valence-electron chi connectivity index (χ3n) is 2.44. The Bertz CT molecular complexity index is 332. The Labute approximate surface area is 90.3 Å². The van der Waals surface area contributed by atoms with E-state index in [2.05, 4.69) is 0 Å². The van der Waals surface area contributed by atoms with Gasteiger partial charge >= 0.3 is 0 Å². The fourth-order valence-electron chi connectivity index (χ4n) is 1.68. The summed E-state index contributed by atoms with van der Waals surface area (Å²) in [5.74, 6) is 0.612. The second-order valence-corrected chi connectivity index (χ2v) is 3.66. The zero-order valence-corrected chi connectivity index (χ0v) is 9.45. The molecule has 3 nitrogen and oxygen atoms in total. The minimum atomic E-state index is -0.465. The predicted octanol–water partition coefficient (Wildman–Crippen LogP) is 1.89. The molecule has 0 radical (unpaired) electrons. The molecular formula is C12H18O3. The molecule has 0 aliphatic rings. The van der Waals surface area contributed by atoms with Gasteiger partial charge < -0.3 is 14.9 Å². The lowest BCUT2D eigenvalue weighted by Crippen LogP contribution is -2.07.